The SMILES string of the molecule is CCc1ccc(C2CCCCCN2C(=O)C2CCOCC2)o1. The number of hydrogen-bond acceptors (Lipinski definition) is 3. The van der Waals surface area contributed by atoms with Gasteiger partial charge in [0, 0.05) is 32.1 Å². The number of likely N-dealkylation sites (tertiary alicyclic amines) is 1. The van der Waals surface area contributed by atoms with Crippen molar-refractivity contribution in [1.82, 2.24) is 4.90 Å². The Morgan fingerprint density at radius 1 is 1.18 bits per heavy atom. The Balaban J connectivity index is 1.79. The van der Waals surface area contributed by atoms with Gasteiger partial charge in [0.05, 0.1) is 6.04 Å². The maximum Gasteiger partial charge on any atom is 0.226 e. The Morgan fingerprint density at radius 2 is 2.00 bits per heavy atom. The minimum absolute atomic E-state index is 0.123. The fourth-order valence-electron chi connectivity index (χ4n) is 3.61. The molecule has 1 unspecified atom stereocenters. The van der Waals surface area contributed by atoms with Gasteiger partial charge in [-0.3, -0.25) is 4.79 Å². The molecule has 4 nitrogen and oxygen atoms in total. The quantitative estimate of drug-likeness (QED) is 0.855. The molecule has 0 bridgehead atoms. The zero-order chi connectivity index (χ0) is 15.4. The summed E-state index contributed by atoms with van der Waals surface area (Å²) >= 11 is 0. The van der Waals surface area contributed by atoms with Crippen LogP contribution in [0.25, 0.3) is 0 Å². The predicted octanol–water partition coefficient (Wildman–Crippen LogP) is 3.71. The van der Waals surface area contributed by atoms with Crippen molar-refractivity contribution in [2.75, 3.05) is 19.8 Å². The van der Waals surface area contributed by atoms with Gasteiger partial charge in [0.2, 0.25) is 5.91 Å². The van der Waals surface area contributed by atoms with Crippen molar-refractivity contribution in [3.8, 4) is 0 Å². The fourth-order valence-corrected chi connectivity index (χ4v) is 3.61. The van der Waals surface area contributed by atoms with Gasteiger partial charge < -0.3 is 14.1 Å². The summed E-state index contributed by atoms with van der Waals surface area (Å²) in [5.41, 5.74) is 0. The standard InChI is InChI=1S/C18H27NO3/c1-2-15-7-8-17(22-15)16-6-4-3-5-11-19(16)18(20)14-9-12-21-13-10-14/h7-8,14,16H,2-6,9-13H2,1H3. The average molecular weight is 305 g/mol. The van der Waals surface area contributed by atoms with E-state index in [1.165, 1.54) is 12.8 Å². The Labute approximate surface area is 132 Å². The van der Waals surface area contributed by atoms with Gasteiger partial charge in [-0.2, -0.15) is 0 Å². The van der Waals surface area contributed by atoms with Crippen molar-refractivity contribution >= 4 is 5.91 Å². The first-order valence-corrected chi connectivity index (χ1v) is 8.76. The summed E-state index contributed by atoms with van der Waals surface area (Å²) in [5, 5.41) is 0. The second-order valence-electron chi connectivity index (χ2n) is 6.44. The highest BCUT2D eigenvalue weighted by atomic mass is 16.5. The smallest absolute Gasteiger partial charge is 0.226 e. The van der Waals surface area contributed by atoms with Crippen molar-refractivity contribution in [3.63, 3.8) is 0 Å². The lowest BCUT2D eigenvalue weighted by Crippen LogP contribution is -2.40. The molecular formula is C18H27NO3. The molecule has 0 radical (unpaired) electrons. The van der Waals surface area contributed by atoms with Crippen LogP contribution in [-0.4, -0.2) is 30.6 Å². The molecule has 1 aromatic rings. The highest BCUT2D eigenvalue weighted by Crippen LogP contribution is 2.33. The summed E-state index contributed by atoms with van der Waals surface area (Å²) < 4.78 is 11.4. The number of aryl methyl sites for hydroxylation is 1. The lowest BCUT2D eigenvalue weighted by Gasteiger charge is -2.33. The molecule has 0 aromatic carbocycles. The van der Waals surface area contributed by atoms with E-state index >= 15 is 0 Å². The van der Waals surface area contributed by atoms with Crippen LogP contribution < -0.4 is 0 Å². The van der Waals surface area contributed by atoms with Gasteiger partial charge >= 0.3 is 0 Å². The largest absolute Gasteiger partial charge is 0.464 e. The van der Waals surface area contributed by atoms with E-state index < -0.39 is 0 Å². The maximum absolute atomic E-state index is 13.0. The van der Waals surface area contributed by atoms with Gasteiger partial charge in [0.25, 0.3) is 0 Å². The number of carbonyl (C=O) groups excluding carboxylic acids is 1. The summed E-state index contributed by atoms with van der Waals surface area (Å²) in [5.74, 6) is 2.43. The van der Waals surface area contributed by atoms with Gasteiger partial charge in [-0.1, -0.05) is 19.8 Å². The number of carbonyl (C=O) groups is 1. The van der Waals surface area contributed by atoms with Crippen LogP contribution in [0.1, 0.15) is 63.0 Å². The normalized spacial score (nSPS) is 24.2. The van der Waals surface area contributed by atoms with Crippen LogP contribution in [0.15, 0.2) is 16.5 Å². The Kier molecular flexibility index (Phi) is 5.19. The first kappa shape index (κ1) is 15.6. The van der Waals surface area contributed by atoms with Crippen LogP contribution >= 0.6 is 0 Å². The van der Waals surface area contributed by atoms with Crippen molar-refractivity contribution in [2.24, 2.45) is 5.92 Å². The maximum atomic E-state index is 13.0. The topological polar surface area (TPSA) is 42.7 Å². The molecule has 22 heavy (non-hydrogen) atoms. The third-order valence-corrected chi connectivity index (χ3v) is 4.97. The number of hydrogen-bond donors (Lipinski definition) is 0. The molecule has 0 N–H and O–H groups in total. The fraction of sp³-hybridized carbons (Fsp3) is 0.722. The molecule has 122 valence electrons. The monoisotopic (exact) mass is 305 g/mol. The molecule has 0 spiro atoms. The van der Waals surface area contributed by atoms with Crippen LogP contribution in [-0.2, 0) is 16.0 Å². The molecule has 0 saturated carbocycles. The van der Waals surface area contributed by atoms with E-state index in [0.717, 1.165) is 63.4 Å². The molecule has 0 aliphatic carbocycles. The zero-order valence-corrected chi connectivity index (χ0v) is 13.6. The molecule has 1 atom stereocenters. The third-order valence-electron chi connectivity index (χ3n) is 4.97. The van der Waals surface area contributed by atoms with Crippen molar-refractivity contribution in [2.45, 2.75) is 57.9 Å². The summed E-state index contributed by atoms with van der Waals surface area (Å²) in [4.78, 5) is 15.1. The van der Waals surface area contributed by atoms with Crippen LogP contribution in [0.5, 0.6) is 0 Å². The first-order chi connectivity index (χ1) is 10.8. The van der Waals surface area contributed by atoms with Gasteiger partial charge in [0.1, 0.15) is 11.5 Å². The van der Waals surface area contributed by atoms with E-state index in [4.69, 9.17) is 9.15 Å². The molecule has 2 fully saturated rings. The van der Waals surface area contributed by atoms with E-state index in [2.05, 4.69) is 24.0 Å². The van der Waals surface area contributed by atoms with E-state index in [9.17, 15) is 4.79 Å². The van der Waals surface area contributed by atoms with E-state index in [1.807, 2.05) is 0 Å². The Bertz CT molecular complexity index is 490. The molecule has 3 rings (SSSR count). The number of amides is 1. The Hall–Kier alpha value is -1.29. The first-order valence-electron chi connectivity index (χ1n) is 8.76. The van der Waals surface area contributed by atoms with Crippen LogP contribution in [0, 0.1) is 5.92 Å². The molecule has 1 aromatic heterocycles. The molecule has 4 heteroatoms. The number of ether oxygens (including phenoxy) is 1. The van der Waals surface area contributed by atoms with Crippen LogP contribution in [0.4, 0.5) is 0 Å². The number of rotatable bonds is 3. The highest BCUT2D eigenvalue weighted by molar-refractivity contribution is 5.79. The van der Waals surface area contributed by atoms with Gasteiger partial charge in [0.15, 0.2) is 0 Å². The third kappa shape index (κ3) is 3.37. The van der Waals surface area contributed by atoms with Crippen LogP contribution in [0.2, 0.25) is 0 Å². The van der Waals surface area contributed by atoms with Gasteiger partial charge in [-0.15, -0.1) is 0 Å². The van der Waals surface area contributed by atoms with Crippen molar-refractivity contribution in [1.29, 1.82) is 0 Å². The molecule has 2 saturated heterocycles. The molecule has 2 aliphatic rings. The lowest BCUT2D eigenvalue weighted by atomic mass is 9.97. The van der Waals surface area contributed by atoms with E-state index in [-0.39, 0.29) is 12.0 Å². The highest BCUT2D eigenvalue weighted by Gasteiger charge is 2.33. The molecular weight excluding hydrogens is 278 g/mol. The minimum Gasteiger partial charge on any atom is -0.464 e. The predicted molar refractivity (Wildman–Crippen MR) is 84.6 cm³/mol. The summed E-state index contributed by atoms with van der Waals surface area (Å²) in [6.45, 7) is 4.40. The summed E-state index contributed by atoms with van der Waals surface area (Å²) in [6.07, 6.45) is 7.12. The zero-order valence-electron chi connectivity index (χ0n) is 13.6. The van der Waals surface area contributed by atoms with E-state index in [1.54, 1.807) is 0 Å². The van der Waals surface area contributed by atoms with E-state index in [0.29, 0.717) is 5.91 Å². The summed E-state index contributed by atoms with van der Waals surface area (Å²) in [7, 11) is 0. The minimum atomic E-state index is 0.123. The van der Waals surface area contributed by atoms with Crippen molar-refractivity contribution < 1.29 is 13.9 Å². The molecule has 3 heterocycles. The average Bonchev–Trinajstić information content (AvgIpc) is 2.92. The van der Waals surface area contributed by atoms with Crippen molar-refractivity contribution in [3.05, 3.63) is 23.7 Å². The number of nitrogens with zero attached hydrogens (tertiary/aromatic N) is 1. The Morgan fingerprint density at radius 3 is 2.73 bits per heavy atom. The van der Waals surface area contributed by atoms with Gasteiger partial charge in [-0.25, -0.2) is 0 Å². The second-order valence-corrected chi connectivity index (χ2v) is 6.44. The van der Waals surface area contributed by atoms with Gasteiger partial charge in [-0.05, 0) is 37.8 Å². The number of furan rings is 1. The molecule has 2 aliphatic heterocycles. The lowest BCUT2D eigenvalue weighted by molar-refractivity contribution is -0.141. The molecule has 1 amide bonds. The van der Waals surface area contributed by atoms with Crippen LogP contribution in [0.3, 0.4) is 0 Å². The second kappa shape index (κ2) is 7.32. The summed E-state index contributed by atoms with van der Waals surface area (Å²) in [6, 6.07) is 4.24.